The summed E-state index contributed by atoms with van der Waals surface area (Å²) in [7, 11) is 1.63. The molecule has 1 aliphatic rings. The molecule has 6 heteroatoms. The Morgan fingerprint density at radius 3 is 2.37 bits per heavy atom. The quantitative estimate of drug-likeness (QED) is 0.726. The molecule has 0 unspecified atom stereocenters. The Labute approximate surface area is 164 Å². The third kappa shape index (κ3) is 4.80. The molecule has 0 spiro atoms. The molecule has 0 atom stereocenters. The fraction of sp³-hybridized carbons (Fsp3) is 0.381. The molecule has 0 aliphatic carbocycles. The molecule has 1 aliphatic heterocycles. The minimum atomic E-state index is -0.615. The zero-order valence-corrected chi connectivity index (χ0v) is 16.1. The van der Waals surface area contributed by atoms with Gasteiger partial charge in [-0.25, -0.2) is 0 Å². The van der Waals surface area contributed by atoms with Gasteiger partial charge in [-0.1, -0.05) is 23.7 Å². The lowest BCUT2D eigenvalue weighted by Gasteiger charge is -2.36. The van der Waals surface area contributed by atoms with E-state index in [1.54, 1.807) is 7.11 Å². The average Bonchev–Trinajstić information content (AvgIpc) is 2.70. The van der Waals surface area contributed by atoms with Gasteiger partial charge in [0, 0.05) is 31.0 Å². The van der Waals surface area contributed by atoms with Gasteiger partial charge in [0.25, 0.3) is 0 Å². The van der Waals surface area contributed by atoms with Crippen molar-refractivity contribution in [3.05, 3.63) is 59.1 Å². The van der Waals surface area contributed by atoms with E-state index in [0.717, 1.165) is 17.0 Å². The largest absolute Gasteiger partial charge is 0.491 e. The summed E-state index contributed by atoms with van der Waals surface area (Å²) in [5, 5.41) is 3.71. The van der Waals surface area contributed by atoms with Crippen molar-refractivity contribution in [1.29, 1.82) is 0 Å². The molecule has 3 rings (SSSR count). The maximum atomic E-state index is 13.2. The van der Waals surface area contributed by atoms with Crippen LogP contribution in [-0.4, -0.2) is 39.4 Å². The Hall–Kier alpha value is -2.08. The summed E-state index contributed by atoms with van der Waals surface area (Å²) in [4.78, 5) is 13.2. The highest BCUT2D eigenvalue weighted by Crippen LogP contribution is 2.36. The topological polar surface area (TPSA) is 56.8 Å². The fourth-order valence-electron chi connectivity index (χ4n) is 3.26. The van der Waals surface area contributed by atoms with Crippen LogP contribution >= 0.6 is 11.6 Å². The minimum Gasteiger partial charge on any atom is -0.491 e. The van der Waals surface area contributed by atoms with E-state index < -0.39 is 5.41 Å². The van der Waals surface area contributed by atoms with Crippen LogP contribution in [0.25, 0.3) is 0 Å². The number of hydrogen-bond donors (Lipinski definition) is 1. The number of ether oxygens (including phenoxy) is 3. The van der Waals surface area contributed by atoms with Crippen LogP contribution < -0.4 is 10.1 Å². The zero-order chi connectivity index (χ0) is 19.1. The van der Waals surface area contributed by atoms with Crippen LogP contribution in [0.4, 0.5) is 5.69 Å². The van der Waals surface area contributed by atoms with Crippen LogP contribution in [0.5, 0.6) is 5.75 Å². The summed E-state index contributed by atoms with van der Waals surface area (Å²) >= 11 is 6.02. The first-order chi connectivity index (χ1) is 13.1. The van der Waals surface area contributed by atoms with E-state index in [-0.39, 0.29) is 5.91 Å². The highest BCUT2D eigenvalue weighted by Gasteiger charge is 2.41. The summed E-state index contributed by atoms with van der Waals surface area (Å²) in [6.45, 7) is 2.14. The molecule has 0 aromatic heterocycles. The average molecular weight is 390 g/mol. The van der Waals surface area contributed by atoms with Crippen molar-refractivity contribution in [3.63, 3.8) is 0 Å². The Morgan fingerprint density at radius 2 is 1.74 bits per heavy atom. The third-order valence-electron chi connectivity index (χ3n) is 4.85. The number of methoxy groups -OCH3 is 1. The van der Waals surface area contributed by atoms with E-state index in [9.17, 15) is 4.79 Å². The molecule has 5 nitrogen and oxygen atoms in total. The lowest BCUT2D eigenvalue weighted by molar-refractivity contribution is -0.125. The molecule has 0 saturated carbocycles. The van der Waals surface area contributed by atoms with Gasteiger partial charge in [-0.05, 0) is 54.8 Å². The van der Waals surface area contributed by atoms with Gasteiger partial charge in [-0.15, -0.1) is 0 Å². The van der Waals surface area contributed by atoms with Crippen LogP contribution in [-0.2, 0) is 19.7 Å². The molecule has 27 heavy (non-hydrogen) atoms. The second-order valence-electron chi connectivity index (χ2n) is 6.52. The number of anilines is 1. The van der Waals surface area contributed by atoms with E-state index in [1.807, 2.05) is 48.5 Å². The van der Waals surface area contributed by atoms with Crippen molar-refractivity contribution < 1.29 is 19.0 Å². The molecular formula is C21H24ClNO4. The van der Waals surface area contributed by atoms with Gasteiger partial charge in [0.1, 0.15) is 12.4 Å². The lowest BCUT2D eigenvalue weighted by Crippen LogP contribution is -2.44. The first-order valence-electron chi connectivity index (χ1n) is 9.01. The summed E-state index contributed by atoms with van der Waals surface area (Å²) in [5.74, 6) is 0.713. The van der Waals surface area contributed by atoms with E-state index in [4.69, 9.17) is 25.8 Å². The van der Waals surface area contributed by atoms with Crippen molar-refractivity contribution in [2.24, 2.45) is 0 Å². The van der Waals surface area contributed by atoms with E-state index in [0.29, 0.717) is 44.3 Å². The van der Waals surface area contributed by atoms with Crippen LogP contribution in [0.15, 0.2) is 48.5 Å². The number of hydrogen-bond acceptors (Lipinski definition) is 4. The van der Waals surface area contributed by atoms with Crippen LogP contribution in [0.2, 0.25) is 5.02 Å². The van der Waals surface area contributed by atoms with Crippen molar-refractivity contribution in [3.8, 4) is 5.75 Å². The number of carbonyl (C=O) groups excluding carboxylic acids is 1. The summed E-state index contributed by atoms with van der Waals surface area (Å²) < 4.78 is 16.0. The molecule has 2 aromatic carbocycles. The highest BCUT2D eigenvalue weighted by atomic mass is 35.5. The molecule has 1 heterocycles. The first-order valence-corrected chi connectivity index (χ1v) is 9.39. The van der Waals surface area contributed by atoms with Gasteiger partial charge < -0.3 is 19.5 Å². The number of nitrogens with one attached hydrogen (secondary N) is 1. The van der Waals surface area contributed by atoms with Gasteiger partial charge in [0.05, 0.1) is 12.0 Å². The smallest absolute Gasteiger partial charge is 0.235 e. The number of carbonyl (C=O) groups is 1. The molecule has 1 N–H and O–H groups in total. The molecule has 1 saturated heterocycles. The first kappa shape index (κ1) is 19.7. The lowest BCUT2D eigenvalue weighted by atomic mass is 9.73. The molecule has 1 fully saturated rings. The van der Waals surface area contributed by atoms with Crippen LogP contribution in [0.1, 0.15) is 18.4 Å². The predicted octanol–water partition coefficient (Wildman–Crippen LogP) is 4.05. The molecule has 0 bridgehead atoms. The number of amides is 1. The third-order valence-corrected chi connectivity index (χ3v) is 5.10. The van der Waals surface area contributed by atoms with Gasteiger partial charge >= 0.3 is 0 Å². The maximum Gasteiger partial charge on any atom is 0.235 e. The van der Waals surface area contributed by atoms with E-state index in [1.165, 1.54) is 0 Å². The second-order valence-corrected chi connectivity index (χ2v) is 6.96. The fourth-order valence-corrected chi connectivity index (χ4v) is 3.39. The zero-order valence-electron chi connectivity index (χ0n) is 15.4. The van der Waals surface area contributed by atoms with Gasteiger partial charge in [-0.3, -0.25) is 4.79 Å². The summed E-state index contributed by atoms with van der Waals surface area (Å²) in [6, 6.07) is 14.9. The Morgan fingerprint density at radius 1 is 1.07 bits per heavy atom. The van der Waals surface area contributed by atoms with E-state index in [2.05, 4.69) is 5.32 Å². The van der Waals surface area contributed by atoms with Crippen LogP contribution in [0, 0.1) is 0 Å². The minimum absolute atomic E-state index is 0.0267. The van der Waals surface area contributed by atoms with Gasteiger partial charge in [0.15, 0.2) is 0 Å². The Kier molecular flexibility index (Phi) is 6.72. The van der Waals surface area contributed by atoms with Gasteiger partial charge in [0.2, 0.25) is 5.91 Å². The van der Waals surface area contributed by atoms with Gasteiger partial charge in [-0.2, -0.15) is 0 Å². The molecule has 2 aromatic rings. The standard InChI is InChI=1S/C21H24ClNO4/c1-25-14-15-27-19-8-6-18(7-9-19)23-20(24)21(10-12-26-13-11-21)16-2-4-17(22)5-3-16/h2-9H,10-15H2,1H3,(H,23,24). The SMILES string of the molecule is COCCOc1ccc(NC(=O)C2(c3ccc(Cl)cc3)CCOCC2)cc1. The number of rotatable bonds is 7. The monoisotopic (exact) mass is 389 g/mol. The number of halogens is 1. The van der Waals surface area contributed by atoms with E-state index >= 15 is 0 Å². The molecule has 144 valence electrons. The van der Waals surface area contributed by atoms with Crippen molar-refractivity contribution in [1.82, 2.24) is 0 Å². The molecular weight excluding hydrogens is 366 g/mol. The van der Waals surface area contributed by atoms with Crippen LogP contribution in [0.3, 0.4) is 0 Å². The van der Waals surface area contributed by atoms with Crippen molar-refractivity contribution in [2.45, 2.75) is 18.3 Å². The van der Waals surface area contributed by atoms with Crippen molar-refractivity contribution >= 4 is 23.2 Å². The normalized spacial score (nSPS) is 15.9. The Balaban J connectivity index is 1.74. The Bertz CT molecular complexity index is 740. The predicted molar refractivity (Wildman–Crippen MR) is 106 cm³/mol. The highest BCUT2D eigenvalue weighted by molar-refractivity contribution is 6.30. The second kappa shape index (κ2) is 9.22. The summed E-state index contributed by atoms with van der Waals surface area (Å²) in [5.41, 5.74) is 1.09. The maximum absolute atomic E-state index is 13.2. The molecule has 1 amide bonds. The number of benzene rings is 2. The summed E-state index contributed by atoms with van der Waals surface area (Å²) in [6.07, 6.45) is 1.28. The molecule has 0 radical (unpaired) electrons. The van der Waals surface area contributed by atoms with Crippen molar-refractivity contribution in [2.75, 3.05) is 38.9 Å².